The molecule has 15 heavy (non-hydrogen) atoms. The highest BCUT2D eigenvalue weighted by atomic mass is 35.5. The Balaban J connectivity index is 2.23. The molecule has 0 bridgehead atoms. The van der Waals surface area contributed by atoms with E-state index in [0.29, 0.717) is 13.0 Å². The molecule has 2 fully saturated rings. The van der Waals surface area contributed by atoms with Crippen LogP contribution in [0.15, 0.2) is 0 Å². The van der Waals surface area contributed by atoms with Crippen molar-refractivity contribution in [3.8, 4) is 0 Å². The van der Waals surface area contributed by atoms with E-state index in [2.05, 4.69) is 0 Å². The Labute approximate surface area is 98.7 Å². The molecule has 2 rings (SSSR count). The first-order valence-electron chi connectivity index (χ1n) is 5.00. The Kier molecular flexibility index (Phi) is 2.51. The Morgan fingerprint density at radius 1 is 1.33 bits per heavy atom. The third-order valence-electron chi connectivity index (χ3n) is 3.52. The number of hydrogen-bond donors (Lipinski definition) is 0. The zero-order valence-electron chi connectivity index (χ0n) is 8.67. The molecule has 1 heterocycles. The van der Waals surface area contributed by atoms with Crippen LogP contribution < -0.4 is 0 Å². The Morgan fingerprint density at radius 2 is 1.93 bits per heavy atom. The molecule has 1 saturated heterocycles. The highest BCUT2D eigenvalue weighted by molar-refractivity contribution is 6.49. The fourth-order valence-electron chi connectivity index (χ4n) is 2.76. The van der Waals surface area contributed by atoms with Crippen LogP contribution in [-0.4, -0.2) is 33.5 Å². The molecule has 0 aromatic carbocycles. The van der Waals surface area contributed by atoms with Crippen molar-refractivity contribution in [2.24, 2.45) is 11.8 Å². The van der Waals surface area contributed by atoms with E-state index in [-0.39, 0.29) is 29.6 Å². The summed E-state index contributed by atoms with van der Waals surface area (Å²) in [7, 11) is 0. The number of likely N-dealkylation sites (tertiary alicyclic amines) is 1. The summed E-state index contributed by atoms with van der Waals surface area (Å²) in [5.41, 5.74) is 0. The van der Waals surface area contributed by atoms with Gasteiger partial charge in [0.2, 0.25) is 5.91 Å². The minimum Gasteiger partial charge on any atom is -0.332 e. The second kappa shape index (κ2) is 3.36. The predicted octanol–water partition coefficient (Wildman–Crippen LogP) is 1.62. The summed E-state index contributed by atoms with van der Waals surface area (Å²) in [6.45, 7) is 3.51. The third kappa shape index (κ3) is 1.56. The fraction of sp³-hybridized carbons (Fsp3) is 0.800. The lowest BCUT2D eigenvalue weighted by atomic mass is 9.71. The highest BCUT2D eigenvalue weighted by Gasteiger charge is 2.61. The first-order chi connectivity index (χ1) is 6.84. The average molecular weight is 250 g/mol. The van der Waals surface area contributed by atoms with E-state index in [4.69, 9.17) is 23.2 Å². The molecule has 1 aliphatic carbocycles. The third-order valence-corrected chi connectivity index (χ3v) is 4.39. The number of fused-ring (bicyclic) bond motifs is 1. The molecule has 5 heteroatoms. The van der Waals surface area contributed by atoms with Crippen LogP contribution in [0.25, 0.3) is 0 Å². The van der Waals surface area contributed by atoms with Gasteiger partial charge in [0, 0.05) is 19.4 Å². The summed E-state index contributed by atoms with van der Waals surface area (Å²) in [6, 6.07) is -0.307. The van der Waals surface area contributed by atoms with Crippen LogP contribution in [0.2, 0.25) is 0 Å². The van der Waals surface area contributed by atoms with Crippen molar-refractivity contribution >= 4 is 34.9 Å². The largest absolute Gasteiger partial charge is 0.332 e. The summed E-state index contributed by atoms with van der Waals surface area (Å²) in [5.74, 6) is 0.162. The Morgan fingerprint density at radius 3 is 2.33 bits per heavy atom. The number of hydrogen-bond acceptors (Lipinski definition) is 2. The molecule has 2 aliphatic rings. The quantitative estimate of drug-likeness (QED) is 0.663. The van der Waals surface area contributed by atoms with E-state index in [9.17, 15) is 9.59 Å². The molecule has 1 aliphatic heterocycles. The van der Waals surface area contributed by atoms with E-state index in [1.807, 2.05) is 0 Å². The summed E-state index contributed by atoms with van der Waals surface area (Å²) < 4.78 is -0.747. The summed E-state index contributed by atoms with van der Waals surface area (Å²) >= 11 is 12.1. The number of halogens is 2. The standard InChI is InChI=1S/C10H13Cl2NO2/c1-5(14)9-7-3-10(11,12)8(7)4-13(9)6(2)15/h7-9H,3-4H2,1-2H3/t7-,8-,9+/m0/s1. The summed E-state index contributed by atoms with van der Waals surface area (Å²) in [5, 5.41) is 0. The van der Waals surface area contributed by atoms with E-state index in [1.165, 1.54) is 13.8 Å². The van der Waals surface area contributed by atoms with Crippen molar-refractivity contribution in [2.45, 2.75) is 30.6 Å². The topological polar surface area (TPSA) is 37.4 Å². The molecular formula is C10H13Cl2NO2. The Hall–Kier alpha value is -0.280. The highest BCUT2D eigenvalue weighted by Crippen LogP contribution is 2.57. The van der Waals surface area contributed by atoms with Gasteiger partial charge < -0.3 is 4.90 Å². The van der Waals surface area contributed by atoms with Crippen LogP contribution in [0.4, 0.5) is 0 Å². The first-order valence-corrected chi connectivity index (χ1v) is 5.75. The van der Waals surface area contributed by atoms with Gasteiger partial charge >= 0.3 is 0 Å². The molecule has 3 atom stereocenters. The molecule has 1 saturated carbocycles. The van der Waals surface area contributed by atoms with Gasteiger partial charge in [-0.15, -0.1) is 23.2 Å². The van der Waals surface area contributed by atoms with Crippen molar-refractivity contribution in [1.29, 1.82) is 0 Å². The normalized spacial score (nSPS) is 37.1. The van der Waals surface area contributed by atoms with E-state index < -0.39 is 4.33 Å². The monoisotopic (exact) mass is 249 g/mol. The lowest BCUT2D eigenvalue weighted by Crippen LogP contribution is -2.49. The molecule has 0 unspecified atom stereocenters. The molecular weight excluding hydrogens is 237 g/mol. The van der Waals surface area contributed by atoms with Gasteiger partial charge in [-0.05, 0) is 19.3 Å². The number of ketones is 1. The smallest absolute Gasteiger partial charge is 0.220 e. The summed E-state index contributed by atoms with van der Waals surface area (Å²) in [4.78, 5) is 24.5. The minimum absolute atomic E-state index is 0.0292. The van der Waals surface area contributed by atoms with Gasteiger partial charge in [-0.1, -0.05) is 0 Å². The van der Waals surface area contributed by atoms with Crippen LogP contribution in [0, 0.1) is 11.8 Å². The van der Waals surface area contributed by atoms with Crippen LogP contribution in [0.1, 0.15) is 20.3 Å². The number of Topliss-reactive ketones (excluding diaryl/α,β-unsaturated/α-hetero) is 1. The van der Waals surface area contributed by atoms with Crippen molar-refractivity contribution < 1.29 is 9.59 Å². The number of amides is 1. The first kappa shape index (κ1) is 11.2. The number of alkyl halides is 2. The van der Waals surface area contributed by atoms with Crippen molar-refractivity contribution in [2.75, 3.05) is 6.54 Å². The van der Waals surface area contributed by atoms with Crippen LogP contribution in [0.5, 0.6) is 0 Å². The zero-order chi connectivity index (χ0) is 11.4. The van der Waals surface area contributed by atoms with Crippen molar-refractivity contribution in [1.82, 2.24) is 4.90 Å². The number of carbonyl (C=O) groups excluding carboxylic acids is 2. The van der Waals surface area contributed by atoms with Crippen molar-refractivity contribution in [3.63, 3.8) is 0 Å². The second-order valence-corrected chi connectivity index (χ2v) is 6.00. The number of rotatable bonds is 1. The van der Waals surface area contributed by atoms with Gasteiger partial charge in [0.25, 0.3) is 0 Å². The van der Waals surface area contributed by atoms with E-state index in [0.717, 1.165) is 0 Å². The number of carbonyl (C=O) groups is 2. The fourth-order valence-corrected chi connectivity index (χ4v) is 3.58. The Bertz CT molecular complexity index is 329. The second-order valence-electron chi connectivity index (χ2n) is 4.46. The van der Waals surface area contributed by atoms with Gasteiger partial charge in [-0.3, -0.25) is 9.59 Å². The number of nitrogens with zero attached hydrogens (tertiary/aromatic N) is 1. The molecule has 0 radical (unpaired) electrons. The van der Waals surface area contributed by atoms with Crippen molar-refractivity contribution in [3.05, 3.63) is 0 Å². The lowest BCUT2D eigenvalue weighted by molar-refractivity contribution is -0.136. The van der Waals surface area contributed by atoms with Gasteiger partial charge in [-0.2, -0.15) is 0 Å². The van der Waals surface area contributed by atoms with Crippen LogP contribution >= 0.6 is 23.2 Å². The summed E-state index contributed by atoms with van der Waals surface area (Å²) in [6.07, 6.45) is 0.606. The molecule has 84 valence electrons. The average Bonchev–Trinajstić information content (AvgIpc) is 2.39. The zero-order valence-corrected chi connectivity index (χ0v) is 10.2. The van der Waals surface area contributed by atoms with Gasteiger partial charge in [0.05, 0.1) is 6.04 Å². The molecule has 0 N–H and O–H groups in total. The minimum atomic E-state index is -0.747. The van der Waals surface area contributed by atoms with Gasteiger partial charge in [-0.25, -0.2) is 0 Å². The molecule has 1 amide bonds. The maximum atomic E-state index is 11.5. The lowest BCUT2D eigenvalue weighted by Gasteiger charge is -2.43. The maximum absolute atomic E-state index is 11.5. The van der Waals surface area contributed by atoms with E-state index in [1.54, 1.807) is 4.90 Å². The van der Waals surface area contributed by atoms with Crippen LogP contribution in [-0.2, 0) is 9.59 Å². The maximum Gasteiger partial charge on any atom is 0.220 e. The van der Waals surface area contributed by atoms with E-state index >= 15 is 0 Å². The SMILES string of the molecule is CC(=O)[C@@H]1[C@H]2CC(Cl)(Cl)[C@H]2CN1C(C)=O. The molecule has 3 nitrogen and oxygen atoms in total. The van der Waals surface area contributed by atoms with Gasteiger partial charge in [0.15, 0.2) is 5.78 Å². The van der Waals surface area contributed by atoms with Crippen LogP contribution in [0.3, 0.4) is 0 Å². The molecule has 0 aromatic rings. The predicted molar refractivity (Wildman–Crippen MR) is 57.9 cm³/mol. The molecule has 0 spiro atoms. The van der Waals surface area contributed by atoms with Gasteiger partial charge in [0.1, 0.15) is 4.33 Å². The molecule has 0 aromatic heterocycles.